The minimum absolute atomic E-state index is 0.146. The first-order valence-electron chi connectivity index (χ1n) is 13.6. The Morgan fingerprint density at radius 3 is 2.23 bits per heavy atom. The van der Waals surface area contributed by atoms with Crippen LogP contribution >= 0.6 is 11.3 Å². The zero-order valence-electron chi connectivity index (χ0n) is 24.0. The number of carbonyl (C=O) groups is 3. The molecule has 0 bridgehead atoms. The van der Waals surface area contributed by atoms with Gasteiger partial charge in [0.2, 0.25) is 10.0 Å². The first-order chi connectivity index (χ1) is 18.8. The normalized spacial score (nSPS) is 20.2. The number of imide groups is 1. The highest BCUT2D eigenvalue weighted by atomic mass is 32.2. The van der Waals surface area contributed by atoms with Crippen molar-refractivity contribution in [2.45, 2.75) is 58.0 Å². The summed E-state index contributed by atoms with van der Waals surface area (Å²) in [6.45, 7) is 10.7. The van der Waals surface area contributed by atoms with Gasteiger partial charge in [-0.05, 0) is 68.4 Å². The number of carbonyl (C=O) groups excluding carboxylic acids is 3. The van der Waals surface area contributed by atoms with Crippen molar-refractivity contribution < 1.29 is 22.8 Å². The fourth-order valence-corrected chi connectivity index (χ4v) is 8.31. The number of nitrogens with one attached hydrogen (secondary N) is 2. The number of thiophene rings is 1. The van der Waals surface area contributed by atoms with E-state index in [0.717, 1.165) is 23.4 Å². The quantitative estimate of drug-likeness (QED) is 0.529. The van der Waals surface area contributed by atoms with E-state index in [1.54, 1.807) is 14.1 Å². The molecule has 40 heavy (non-hydrogen) atoms. The molecule has 2 atom stereocenters. The molecule has 2 unspecified atom stereocenters. The van der Waals surface area contributed by atoms with Crippen molar-refractivity contribution in [3.05, 3.63) is 45.8 Å². The summed E-state index contributed by atoms with van der Waals surface area (Å²) in [6, 6.07) is 5.67. The second kappa shape index (κ2) is 12.0. The van der Waals surface area contributed by atoms with Crippen LogP contribution in [-0.4, -0.2) is 80.1 Å². The zero-order chi connectivity index (χ0) is 29.4. The molecule has 3 heterocycles. The van der Waals surface area contributed by atoms with Crippen LogP contribution in [0.15, 0.2) is 29.2 Å². The van der Waals surface area contributed by atoms with E-state index >= 15 is 0 Å². The molecule has 0 spiro atoms. The molecule has 2 aromatic rings. The van der Waals surface area contributed by atoms with Crippen molar-refractivity contribution in [2.75, 3.05) is 39.0 Å². The van der Waals surface area contributed by atoms with Crippen LogP contribution < -0.4 is 10.6 Å². The Morgan fingerprint density at radius 1 is 1.02 bits per heavy atom. The number of benzene rings is 1. The second-order valence-electron chi connectivity index (χ2n) is 11.4. The molecule has 2 aliphatic heterocycles. The molecular formula is C28H39N5O5S2. The standard InChI is InChI=1S/C28H39N5O5S2/c1-17(2)32-12-11-22-23(16-32)39-27(24(22)26(35)30-28(36)31(5)6)29-25(34)20-7-9-21(10-8-20)40(37,38)33-14-18(3)13-19(4)15-33/h7-10,17-19H,11-16H2,1-6H3,(H,29,34)(H,30,35,36). The van der Waals surface area contributed by atoms with Gasteiger partial charge in [-0.25, -0.2) is 13.2 Å². The van der Waals surface area contributed by atoms with E-state index in [0.29, 0.717) is 42.7 Å². The number of anilines is 1. The number of sulfonamides is 1. The van der Waals surface area contributed by atoms with E-state index in [-0.39, 0.29) is 22.3 Å². The minimum atomic E-state index is -3.67. The van der Waals surface area contributed by atoms with E-state index in [9.17, 15) is 22.8 Å². The highest BCUT2D eigenvalue weighted by Crippen LogP contribution is 2.38. The lowest BCUT2D eigenvalue weighted by atomic mass is 9.94. The van der Waals surface area contributed by atoms with Gasteiger partial charge in [0.05, 0.1) is 10.5 Å². The van der Waals surface area contributed by atoms with Gasteiger partial charge in [0.1, 0.15) is 5.00 Å². The Bertz CT molecular complexity index is 1370. The summed E-state index contributed by atoms with van der Waals surface area (Å²) in [5, 5.41) is 5.63. The van der Waals surface area contributed by atoms with Gasteiger partial charge in [-0.1, -0.05) is 13.8 Å². The average Bonchev–Trinajstić information content (AvgIpc) is 3.25. The number of amides is 4. The number of piperidine rings is 1. The molecule has 0 aliphatic carbocycles. The highest BCUT2D eigenvalue weighted by molar-refractivity contribution is 7.89. The molecule has 1 aromatic heterocycles. The van der Waals surface area contributed by atoms with Gasteiger partial charge in [0, 0.05) is 56.8 Å². The van der Waals surface area contributed by atoms with Crippen molar-refractivity contribution in [3.63, 3.8) is 0 Å². The maximum absolute atomic E-state index is 13.3. The highest BCUT2D eigenvalue weighted by Gasteiger charge is 2.33. The van der Waals surface area contributed by atoms with E-state index in [4.69, 9.17) is 0 Å². The third-order valence-electron chi connectivity index (χ3n) is 7.49. The van der Waals surface area contributed by atoms with Crippen molar-refractivity contribution in [1.29, 1.82) is 0 Å². The molecule has 12 heteroatoms. The maximum atomic E-state index is 13.3. The Balaban J connectivity index is 1.58. The summed E-state index contributed by atoms with van der Waals surface area (Å²) in [4.78, 5) is 43.4. The molecule has 0 radical (unpaired) electrons. The lowest BCUT2D eigenvalue weighted by Gasteiger charge is -2.34. The molecule has 2 aliphatic rings. The summed E-state index contributed by atoms with van der Waals surface area (Å²) >= 11 is 1.33. The summed E-state index contributed by atoms with van der Waals surface area (Å²) < 4.78 is 28.0. The fraction of sp³-hybridized carbons (Fsp3) is 0.536. The molecule has 1 aromatic carbocycles. The Kier molecular flexibility index (Phi) is 9.03. The van der Waals surface area contributed by atoms with Crippen LogP contribution in [0.3, 0.4) is 0 Å². The SMILES string of the molecule is CC1CC(C)CN(S(=O)(=O)c2ccc(C(=O)Nc3sc4c(c3C(=O)NC(=O)N(C)C)CCN(C(C)C)C4)cc2)C1. The monoisotopic (exact) mass is 589 g/mol. The summed E-state index contributed by atoms with van der Waals surface area (Å²) in [6.07, 6.45) is 1.62. The Hall–Kier alpha value is -2.80. The predicted molar refractivity (Wildman–Crippen MR) is 156 cm³/mol. The smallest absolute Gasteiger partial charge is 0.323 e. The van der Waals surface area contributed by atoms with Crippen LogP contribution in [-0.2, 0) is 23.0 Å². The van der Waals surface area contributed by atoms with Crippen molar-refractivity contribution in [1.82, 2.24) is 19.4 Å². The minimum Gasteiger partial charge on any atom is -0.331 e. The molecular weight excluding hydrogens is 550 g/mol. The van der Waals surface area contributed by atoms with Gasteiger partial charge in [0.25, 0.3) is 11.8 Å². The lowest BCUT2D eigenvalue weighted by molar-refractivity contribution is 0.0956. The van der Waals surface area contributed by atoms with Crippen LogP contribution in [0.5, 0.6) is 0 Å². The van der Waals surface area contributed by atoms with Gasteiger partial charge in [-0.15, -0.1) is 11.3 Å². The topological polar surface area (TPSA) is 119 Å². The number of urea groups is 1. The van der Waals surface area contributed by atoms with Gasteiger partial charge < -0.3 is 10.2 Å². The van der Waals surface area contributed by atoms with Crippen LogP contribution in [0, 0.1) is 11.8 Å². The molecule has 0 saturated carbocycles. The fourth-order valence-electron chi connectivity index (χ4n) is 5.37. The molecule has 10 nitrogen and oxygen atoms in total. The summed E-state index contributed by atoms with van der Waals surface area (Å²) in [5.74, 6) is -0.452. The molecule has 2 N–H and O–H groups in total. The average molecular weight is 590 g/mol. The van der Waals surface area contributed by atoms with Crippen LogP contribution in [0.2, 0.25) is 0 Å². The Labute approximate surface area is 240 Å². The third-order valence-corrected chi connectivity index (χ3v) is 10.5. The largest absolute Gasteiger partial charge is 0.331 e. The van der Waals surface area contributed by atoms with Crippen molar-refractivity contribution in [2.24, 2.45) is 11.8 Å². The van der Waals surface area contributed by atoms with Crippen molar-refractivity contribution in [3.8, 4) is 0 Å². The summed E-state index contributed by atoms with van der Waals surface area (Å²) in [5.41, 5.74) is 1.41. The maximum Gasteiger partial charge on any atom is 0.323 e. The van der Waals surface area contributed by atoms with Gasteiger partial charge in [-0.3, -0.25) is 19.8 Å². The number of hydrogen-bond acceptors (Lipinski definition) is 7. The van der Waals surface area contributed by atoms with E-state index < -0.39 is 27.9 Å². The molecule has 1 saturated heterocycles. The van der Waals surface area contributed by atoms with E-state index in [2.05, 4.69) is 43.2 Å². The first-order valence-corrected chi connectivity index (χ1v) is 15.9. The van der Waals surface area contributed by atoms with Crippen LogP contribution in [0.4, 0.5) is 9.80 Å². The van der Waals surface area contributed by atoms with Crippen LogP contribution in [0.25, 0.3) is 0 Å². The zero-order valence-corrected chi connectivity index (χ0v) is 25.6. The number of nitrogens with zero attached hydrogens (tertiary/aromatic N) is 3. The van der Waals surface area contributed by atoms with Gasteiger partial charge in [0.15, 0.2) is 0 Å². The Morgan fingerprint density at radius 2 is 1.65 bits per heavy atom. The number of rotatable bonds is 6. The van der Waals surface area contributed by atoms with E-state index in [1.807, 2.05) is 0 Å². The van der Waals surface area contributed by atoms with Crippen LogP contribution in [0.1, 0.15) is 65.3 Å². The molecule has 1 fully saturated rings. The number of hydrogen-bond donors (Lipinski definition) is 2. The second-order valence-corrected chi connectivity index (χ2v) is 14.5. The predicted octanol–water partition coefficient (Wildman–Crippen LogP) is 3.84. The molecule has 218 valence electrons. The van der Waals surface area contributed by atoms with Crippen molar-refractivity contribution >= 4 is 44.2 Å². The molecule has 4 amide bonds. The van der Waals surface area contributed by atoms with Gasteiger partial charge in [-0.2, -0.15) is 4.31 Å². The van der Waals surface area contributed by atoms with E-state index in [1.165, 1.54) is 44.8 Å². The number of fused-ring (bicyclic) bond motifs is 1. The lowest BCUT2D eigenvalue weighted by Crippen LogP contribution is -2.42. The third kappa shape index (κ3) is 6.40. The van der Waals surface area contributed by atoms with Gasteiger partial charge >= 0.3 is 6.03 Å². The first kappa shape index (κ1) is 30.2. The summed E-state index contributed by atoms with van der Waals surface area (Å²) in [7, 11) is -0.576. The molecule has 4 rings (SSSR count).